The van der Waals surface area contributed by atoms with Crippen LogP contribution in [0.15, 0.2) is 24.5 Å². The third-order valence-electron chi connectivity index (χ3n) is 3.56. The summed E-state index contributed by atoms with van der Waals surface area (Å²) in [6.45, 7) is 5.19. The molecule has 18 heavy (non-hydrogen) atoms. The van der Waals surface area contributed by atoms with E-state index in [1.807, 2.05) is 12.1 Å². The van der Waals surface area contributed by atoms with Crippen molar-refractivity contribution in [3.05, 3.63) is 30.1 Å². The number of aliphatic carboxylic acids is 1. The van der Waals surface area contributed by atoms with Gasteiger partial charge in [-0.2, -0.15) is 0 Å². The van der Waals surface area contributed by atoms with E-state index in [4.69, 9.17) is 5.11 Å². The number of hydrogen-bond acceptors (Lipinski definition) is 4. The van der Waals surface area contributed by atoms with Crippen LogP contribution in [-0.2, 0) is 11.3 Å². The molecule has 0 atom stereocenters. The Labute approximate surface area is 107 Å². The Hall–Kier alpha value is -1.46. The zero-order valence-corrected chi connectivity index (χ0v) is 10.6. The van der Waals surface area contributed by atoms with Crippen LogP contribution in [0.5, 0.6) is 0 Å². The third kappa shape index (κ3) is 2.68. The predicted octanol–water partition coefficient (Wildman–Crippen LogP) is 0.720. The van der Waals surface area contributed by atoms with Gasteiger partial charge in [0.2, 0.25) is 0 Å². The largest absolute Gasteiger partial charge is 0.481 e. The van der Waals surface area contributed by atoms with E-state index in [2.05, 4.69) is 22.1 Å². The van der Waals surface area contributed by atoms with Gasteiger partial charge in [0.25, 0.3) is 0 Å². The number of pyridine rings is 1. The minimum atomic E-state index is -0.732. The van der Waals surface area contributed by atoms with Crippen molar-refractivity contribution < 1.29 is 9.90 Å². The molecule has 5 nitrogen and oxygen atoms in total. The molecule has 0 spiro atoms. The smallest absolute Gasteiger partial charge is 0.305 e. The number of carboxylic acids is 1. The summed E-state index contributed by atoms with van der Waals surface area (Å²) in [6, 6.07) is 3.95. The highest BCUT2D eigenvalue weighted by Crippen LogP contribution is 2.26. The fourth-order valence-corrected chi connectivity index (χ4v) is 2.48. The predicted molar refractivity (Wildman–Crippen MR) is 68.2 cm³/mol. The molecule has 0 saturated carbocycles. The second-order valence-corrected chi connectivity index (χ2v) is 4.77. The van der Waals surface area contributed by atoms with Gasteiger partial charge in [-0.3, -0.25) is 14.7 Å². The fourth-order valence-electron chi connectivity index (χ4n) is 2.48. The molecular weight excluding hydrogens is 230 g/mol. The summed E-state index contributed by atoms with van der Waals surface area (Å²) in [5.74, 6) is -0.732. The zero-order chi connectivity index (χ0) is 13.0. The summed E-state index contributed by atoms with van der Waals surface area (Å²) in [6.07, 6.45) is 3.73. The van der Waals surface area contributed by atoms with Gasteiger partial charge < -0.3 is 10.4 Å². The van der Waals surface area contributed by atoms with Gasteiger partial charge in [0.05, 0.1) is 12.0 Å². The molecule has 0 aromatic carbocycles. The molecule has 0 amide bonds. The Morgan fingerprint density at radius 2 is 2.17 bits per heavy atom. The molecule has 0 radical (unpaired) electrons. The Morgan fingerprint density at radius 1 is 1.50 bits per heavy atom. The summed E-state index contributed by atoms with van der Waals surface area (Å²) in [4.78, 5) is 17.3. The second-order valence-electron chi connectivity index (χ2n) is 4.77. The number of likely N-dealkylation sites (N-methyl/N-ethyl adjacent to an activating group) is 1. The van der Waals surface area contributed by atoms with Gasteiger partial charge >= 0.3 is 5.97 Å². The summed E-state index contributed by atoms with van der Waals surface area (Å²) in [5.41, 5.74) is 0.938. The van der Waals surface area contributed by atoms with Crippen LogP contribution in [0.1, 0.15) is 18.9 Å². The Balaban J connectivity index is 2.09. The first-order valence-electron chi connectivity index (χ1n) is 6.23. The van der Waals surface area contributed by atoms with E-state index in [-0.39, 0.29) is 12.0 Å². The SMILES string of the molecule is CCN(Cc1ccncc1)C1(CC(=O)O)CNC1. The highest BCUT2D eigenvalue weighted by atomic mass is 16.4. The van der Waals surface area contributed by atoms with Gasteiger partial charge in [-0.05, 0) is 24.2 Å². The molecular formula is C13H19N3O2. The quantitative estimate of drug-likeness (QED) is 0.777. The Bertz CT molecular complexity index is 404. The van der Waals surface area contributed by atoms with Crippen molar-refractivity contribution in [1.29, 1.82) is 0 Å². The maximum atomic E-state index is 11.0. The maximum Gasteiger partial charge on any atom is 0.305 e. The minimum Gasteiger partial charge on any atom is -0.481 e. The highest BCUT2D eigenvalue weighted by molar-refractivity contribution is 5.68. The topological polar surface area (TPSA) is 65.5 Å². The number of carbonyl (C=O) groups is 1. The highest BCUT2D eigenvalue weighted by Gasteiger charge is 2.43. The first-order valence-corrected chi connectivity index (χ1v) is 6.23. The molecule has 98 valence electrons. The van der Waals surface area contributed by atoms with Crippen LogP contribution in [0.2, 0.25) is 0 Å². The summed E-state index contributed by atoms with van der Waals surface area (Å²) >= 11 is 0. The first-order chi connectivity index (χ1) is 8.66. The molecule has 1 saturated heterocycles. The van der Waals surface area contributed by atoms with E-state index in [0.717, 1.165) is 26.2 Å². The summed E-state index contributed by atoms with van der Waals surface area (Å²) in [5, 5.41) is 12.3. The molecule has 2 N–H and O–H groups in total. The van der Waals surface area contributed by atoms with Crippen molar-refractivity contribution >= 4 is 5.97 Å². The van der Waals surface area contributed by atoms with Crippen LogP contribution in [0, 0.1) is 0 Å². The van der Waals surface area contributed by atoms with Crippen molar-refractivity contribution in [2.24, 2.45) is 0 Å². The second kappa shape index (κ2) is 5.46. The molecule has 2 heterocycles. The fraction of sp³-hybridized carbons (Fsp3) is 0.538. The number of nitrogens with one attached hydrogen (secondary N) is 1. The molecule has 1 aromatic rings. The lowest BCUT2D eigenvalue weighted by Crippen LogP contribution is -2.69. The van der Waals surface area contributed by atoms with E-state index < -0.39 is 5.97 Å². The van der Waals surface area contributed by atoms with E-state index in [9.17, 15) is 4.79 Å². The van der Waals surface area contributed by atoms with E-state index in [0.29, 0.717) is 0 Å². The summed E-state index contributed by atoms with van der Waals surface area (Å²) < 4.78 is 0. The van der Waals surface area contributed by atoms with E-state index >= 15 is 0 Å². The zero-order valence-electron chi connectivity index (χ0n) is 10.6. The van der Waals surface area contributed by atoms with Crippen molar-refractivity contribution in [3.63, 3.8) is 0 Å². The average Bonchev–Trinajstić information content (AvgIpc) is 2.32. The standard InChI is InChI=1S/C13H19N3O2/c1-2-16(8-11-3-5-14-6-4-11)13(7-12(17)18)9-15-10-13/h3-6,15H,2,7-10H2,1H3,(H,17,18). The van der Waals surface area contributed by atoms with Crippen LogP contribution < -0.4 is 5.32 Å². The number of nitrogens with zero attached hydrogens (tertiary/aromatic N) is 2. The van der Waals surface area contributed by atoms with Gasteiger partial charge in [-0.1, -0.05) is 6.92 Å². The number of aromatic nitrogens is 1. The van der Waals surface area contributed by atoms with Crippen molar-refractivity contribution in [1.82, 2.24) is 15.2 Å². The normalized spacial score (nSPS) is 17.4. The van der Waals surface area contributed by atoms with Gasteiger partial charge in [-0.15, -0.1) is 0 Å². The van der Waals surface area contributed by atoms with Crippen LogP contribution in [0.4, 0.5) is 0 Å². The number of hydrogen-bond donors (Lipinski definition) is 2. The molecule has 0 aliphatic carbocycles. The van der Waals surface area contributed by atoms with Crippen molar-refractivity contribution in [3.8, 4) is 0 Å². The van der Waals surface area contributed by atoms with Crippen LogP contribution >= 0.6 is 0 Å². The molecule has 5 heteroatoms. The van der Waals surface area contributed by atoms with E-state index in [1.165, 1.54) is 5.56 Å². The van der Waals surface area contributed by atoms with Crippen molar-refractivity contribution in [2.45, 2.75) is 25.4 Å². The molecule has 1 fully saturated rings. The maximum absolute atomic E-state index is 11.0. The monoisotopic (exact) mass is 249 g/mol. The van der Waals surface area contributed by atoms with Gasteiger partial charge in [0.15, 0.2) is 0 Å². The molecule has 1 aliphatic heterocycles. The molecule has 0 unspecified atom stereocenters. The molecule has 2 rings (SSSR count). The minimum absolute atomic E-state index is 0.193. The molecule has 1 aromatic heterocycles. The third-order valence-corrected chi connectivity index (χ3v) is 3.56. The molecule has 1 aliphatic rings. The van der Waals surface area contributed by atoms with Crippen LogP contribution in [0.3, 0.4) is 0 Å². The van der Waals surface area contributed by atoms with Gasteiger partial charge in [-0.25, -0.2) is 0 Å². The van der Waals surface area contributed by atoms with Crippen molar-refractivity contribution in [2.75, 3.05) is 19.6 Å². The molecule has 0 bridgehead atoms. The Kier molecular flexibility index (Phi) is 3.93. The Morgan fingerprint density at radius 3 is 2.61 bits per heavy atom. The lowest BCUT2D eigenvalue weighted by atomic mass is 9.86. The number of rotatable bonds is 6. The average molecular weight is 249 g/mol. The van der Waals surface area contributed by atoms with Gasteiger partial charge in [0, 0.05) is 32.0 Å². The van der Waals surface area contributed by atoms with Crippen LogP contribution in [0.25, 0.3) is 0 Å². The first kappa shape index (κ1) is 13.0. The number of carboxylic acid groups (broad SMARTS) is 1. The van der Waals surface area contributed by atoms with Crippen LogP contribution in [-0.4, -0.2) is 46.1 Å². The summed E-state index contributed by atoms with van der Waals surface area (Å²) in [7, 11) is 0. The van der Waals surface area contributed by atoms with Gasteiger partial charge in [0.1, 0.15) is 0 Å². The lowest BCUT2D eigenvalue weighted by Gasteiger charge is -2.50. The lowest BCUT2D eigenvalue weighted by molar-refractivity contribution is -0.142. The van der Waals surface area contributed by atoms with E-state index in [1.54, 1.807) is 12.4 Å².